The molecule has 18 heavy (non-hydrogen) atoms. The molecule has 0 aliphatic carbocycles. The number of nitrogens with one attached hydrogen (secondary N) is 1. The van der Waals surface area contributed by atoms with Crippen molar-refractivity contribution in [1.82, 2.24) is 5.32 Å². The van der Waals surface area contributed by atoms with Gasteiger partial charge in [0.15, 0.2) is 0 Å². The summed E-state index contributed by atoms with van der Waals surface area (Å²) in [6, 6.07) is 9.27. The van der Waals surface area contributed by atoms with Crippen LogP contribution in [-0.4, -0.2) is 25.8 Å². The van der Waals surface area contributed by atoms with Crippen LogP contribution in [0.25, 0.3) is 0 Å². The van der Waals surface area contributed by atoms with Gasteiger partial charge in [0.25, 0.3) is 0 Å². The van der Waals surface area contributed by atoms with Gasteiger partial charge < -0.3 is 10.1 Å². The van der Waals surface area contributed by atoms with Gasteiger partial charge in [-0.25, -0.2) is 0 Å². The van der Waals surface area contributed by atoms with Crippen molar-refractivity contribution < 1.29 is 4.74 Å². The molecule has 2 rings (SSSR count). The molecular formula is C15H22BrNO. The Labute approximate surface area is 118 Å². The molecule has 1 atom stereocenters. The molecule has 1 aliphatic rings. The highest BCUT2D eigenvalue weighted by Crippen LogP contribution is 2.22. The van der Waals surface area contributed by atoms with E-state index in [0.29, 0.717) is 6.04 Å². The lowest BCUT2D eigenvalue weighted by molar-refractivity contribution is 0.0540. The first-order valence-electron chi connectivity index (χ1n) is 6.85. The molecule has 1 N–H and O–H groups in total. The highest BCUT2D eigenvalue weighted by atomic mass is 79.9. The second-order valence-corrected chi connectivity index (χ2v) is 5.86. The SMILES string of the molecule is CCNC(Cc1ccc(Br)cc1)C1CCOCC1. The molecule has 0 bridgehead atoms. The van der Waals surface area contributed by atoms with Crippen molar-refractivity contribution in [3.63, 3.8) is 0 Å². The van der Waals surface area contributed by atoms with Crippen molar-refractivity contribution >= 4 is 15.9 Å². The van der Waals surface area contributed by atoms with Crippen LogP contribution in [0.3, 0.4) is 0 Å². The normalized spacial score (nSPS) is 18.8. The molecule has 1 fully saturated rings. The summed E-state index contributed by atoms with van der Waals surface area (Å²) in [5.74, 6) is 0.752. The first-order valence-corrected chi connectivity index (χ1v) is 7.64. The fourth-order valence-electron chi connectivity index (χ4n) is 2.66. The van der Waals surface area contributed by atoms with E-state index in [2.05, 4.69) is 52.4 Å². The van der Waals surface area contributed by atoms with Crippen LogP contribution < -0.4 is 5.32 Å². The van der Waals surface area contributed by atoms with E-state index in [9.17, 15) is 0 Å². The summed E-state index contributed by atoms with van der Waals surface area (Å²) in [7, 11) is 0. The third-order valence-electron chi connectivity index (χ3n) is 3.67. The predicted molar refractivity (Wildman–Crippen MR) is 78.9 cm³/mol. The van der Waals surface area contributed by atoms with Gasteiger partial charge in [0.2, 0.25) is 0 Å². The average Bonchev–Trinajstić information content (AvgIpc) is 2.42. The molecule has 0 spiro atoms. The second kappa shape index (κ2) is 7.27. The van der Waals surface area contributed by atoms with Gasteiger partial charge in [-0.15, -0.1) is 0 Å². The number of ether oxygens (including phenoxy) is 1. The van der Waals surface area contributed by atoms with E-state index < -0.39 is 0 Å². The molecule has 1 aromatic rings. The first-order chi connectivity index (χ1) is 8.79. The van der Waals surface area contributed by atoms with E-state index in [0.717, 1.165) is 36.6 Å². The number of benzene rings is 1. The highest BCUT2D eigenvalue weighted by Gasteiger charge is 2.23. The quantitative estimate of drug-likeness (QED) is 0.900. The minimum Gasteiger partial charge on any atom is -0.381 e. The third kappa shape index (κ3) is 4.08. The largest absolute Gasteiger partial charge is 0.381 e. The van der Waals surface area contributed by atoms with E-state index in [1.807, 2.05) is 0 Å². The van der Waals surface area contributed by atoms with Crippen LogP contribution in [0.1, 0.15) is 25.3 Å². The zero-order chi connectivity index (χ0) is 12.8. The third-order valence-corrected chi connectivity index (χ3v) is 4.20. The summed E-state index contributed by atoms with van der Waals surface area (Å²) in [6.45, 7) is 5.08. The Balaban J connectivity index is 1.98. The van der Waals surface area contributed by atoms with Crippen molar-refractivity contribution in [2.45, 2.75) is 32.2 Å². The van der Waals surface area contributed by atoms with Crippen molar-refractivity contribution in [2.24, 2.45) is 5.92 Å². The lowest BCUT2D eigenvalue weighted by Gasteiger charge is -2.31. The molecule has 1 aliphatic heterocycles. The zero-order valence-corrected chi connectivity index (χ0v) is 12.6. The molecule has 1 aromatic carbocycles. The van der Waals surface area contributed by atoms with Crippen LogP contribution in [0.4, 0.5) is 0 Å². The fraction of sp³-hybridized carbons (Fsp3) is 0.600. The van der Waals surface area contributed by atoms with Crippen LogP contribution >= 0.6 is 15.9 Å². The maximum atomic E-state index is 5.46. The monoisotopic (exact) mass is 311 g/mol. The number of likely N-dealkylation sites (N-methyl/N-ethyl adjacent to an activating group) is 1. The number of hydrogen-bond acceptors (Lipinski definition) is 2. The average molecular weight is 312 g/mol. The fourth-order valence-corrected chi connectivity index (χ4v) is 2.92. The van der Waals surface area contributed by atoms with E-state index in [4.69, 9.17) is 4.74 Å². The van der Waals surface area contributed by atoms with Crippen molar-refractivity contribution in [3.05, 3.63) is 34.3 Å². The molecule has 1 saturated heterocycles. The molecule has 2 nitrogen and oxygen atoms in total. The van der Waals surface area contributed by atoms with Crippen LogP contribution in [0.2, 0.25) is 0 Å². The van der Waals surface area contributed by atoms with Crippen molar-refractivity contribution in [3.8, 4) is 0 Å². The Kier molecular flexibility index (Phi) is 5.67. The molecule has 1 unspecified atom stereocenters. The van der Waals surface area contributed by atoms with E-state index in [1.165, 1.54) is 18.4 Å². The van der Waals surface area contributed by atoms with Crippen LogP contribution in [0, 0.1) is 5.92 Å². The maximum Gasteiger partial charge on any atom is 0.0469 e. The summed E-state index contributed by atoms with van der Waals surface area (Å²) in [6.07, 6.45) is 3.49. The smallest absolute Gasteiger partial charge is 0.0469 e. The Morgan fingerprint density at radius 3 is 2.56 bits per heavy atom. The van der Waals surface area contributed by atoms with Gasteiger partial charge >= 0.3 is 0 Å². The minimum atomic E-state index is 0.583. The topological polar surface area (TPSA) is 21.3 Å². The summed E-state index contributed by atoms with van der Waals surface area (Å²) in [5.41, 5.74) is 1.41. The predicted octanol–water partition coefficient (Wildman–Crippen LogP) is 3.40. The van der Waals surface area contributed by atoms with Crippen LogP contribution in [0.15, 0.2) is 28.7 Å². The summed E-state index contributed by atoms with van der Waals surface area (Å²) >= 11 is 3.49. The van der Waals surface area contributed by atoms with Crippen LogP contribution in [0.5, 0.6) is 0 Å². The van der Waals surface area contributed by atoms with Gasteiger partial charge in [-0.05, 0) is 49.4 Å². The summed E-state index contributed by atoms with van der Waals surface area (Å²) in [5, 5.41) is 3.65. The van der Waals surface area contributed by atoms with Gasteiger partial charge in [0.05, 0.1) is 0 Å². The van der Waals surface area contributed by atoms with Crippen molar-refractivity contribution in [2.75, 3.05) is 19.8 Å². The first kappa shape index (κ1) is 14.0. The Morgan fingerprint density at radius 2 is 1.94 bits per heavy atom. The standard InChI is InChI=1S/C15H22BrNO/c1-2-17-15(13-7-9-18-10-8-13)11-12-3-5-14(16)6-4-12/h3-6,13,15,17H,2,7-11H2,1H3. The Hall–Kier alpha value is -0.380. The van der Waals surface area contributed by atoms with E-state index in [-0.39, 0.29) is 0 Å². The van der Waals surface area contributed by atoms with Gasteiger partial charge in [0.1, 0.15) is 0 Å². The molecule has 3 heteroatoms. The Bertz CT molecular complexity index is 346. The van der Waals surface area contributed by atoms with Crippen LogP contribution in [-0.2, 0) is 11.2 Å². The summed E-state index contributed by atoms with van der Waals surface area (Å²) < 4.78 is 6.61. The molecule has 1 heterocycles. The van der Waals surface area contributed by atoms with Crippen molar-refractivity contribution in [1.29, 1.82) is 0 Å². The molecule has 0 aromatic heterocycles. The lowest BCUT2D eigenvalue weighted by atomic mass is 9.87. The van der Waals surface area contributed by atoms with E-state index in [1.54, 1.807) is 0 Å². The number of rotatable bonds is 5. The number of halogens is 1. The maximum absolute atomic E-state index is 5.46. The van der Waals surface area contributed by atoms with Gasteiger partial charge in [-0.3, -0.25) is 0 Å². The second-order valence-electron chi connectivity index (χ2n) is 4.94. The molecule has 100 valence electrons. The van der Waals surface area contributed by atoms with Gasteiger partial charge in [0, 0.05) is 23.7 Å². The van der Waals surface area contributed by atoms with E-state index >= 15 is 0 Å². The minimum absolute atomic E-state index is 0.583. The Morgan fingerprint density at radius 1 is 1.28 bits per heavy atom. The molecule has 0 radical (unpaired) electrons. The molecular weight excluding hydrogens is 290 g/mol. The molecule has 0 saturated carbocycles. The van der Waals surface area contributed by atoms with Gasteiger partial charge in [-0.1, -0.05) is 35.0 Å². The lowest BCUT2D eigenvalue weighted by Crippen LogP contribution is -2.40. The molecule has 0 amide bonds. The number of hydrogen-bond donors (Lipinski definition) is 1. The highest BCUT2D eigenvalue weighted by molar-refractivity contribution is 9.10. The summed E-state index contributed by atoms with van der Waals surface area (Å²) in [4.78, 5) is 0. The zero-order valence-electron chi connectivity index (χ0n) is 11.0. The van der Waals surface area contributed by atoms with Gasteiger partial charge in [-0.2, -0.15) is 0 Å².